The number of nitrogens with two attached hydrogens (primary N) is 1. The zero-order valence-corrected chi connectivity index (χ0v) is 17.3. The van der Waals surface area contributed by atoms with Crippen LogP contribution in [0.4, 0.5) is 18.9 Å². The molecule has 0 aromatic heterocycles. The summed E-state index contributed by atoms with van der Waals surface area (Å²) >= 11 is 0. The molecular weight excluding hydrogens is 472 g/mol. The van der Waals surface area contributed by atoms with Crippen LogP contribution in [0, 0.1) is 0 Å². The lowest BCUT2D eigenvalue weighted by molar-refractivity contribution is -0.274. The molecule has 0 amide bonds. The SMILES string of the molecule is CN(C)Cc1cccc(CN=C(N)Nc2ccc(OC(F)(F)F)cc2)c1.I. The largest absolute Gasteiger partial charge is 0.573 e. The standard InChI is InChI=1S/C18H21F3N4O.HI/c1-25(2)12-14-5-3-4-13(10-14)11-23-17(22)24-15-6-8-16(9-7-15)26-18(19,20)21;/h3-10H,11-12H2,1-2H3,(H3,22,23,24);1H. The van der Waals surface area contributed by atoms with Crippen molar-refractivity contribution in [3.63, 3.8) is 0 Å². The topological polar surface area (TPSA) is 62.9 Å². The Morgan fingerprint density at radius 1 is 1.11 bits per heavy atom. The second kappa shape index (κ2) is 10.4. The summed E-state index contributed by atoms with van der Waals surface area (Å²) in [6.45, 7) is 1.23. The van der Waals surface area contributed by atoms with Gasteiger partial charge < -0.3 is 20.7 Å². The Hall–Kier alpha value is -2.01. The molecule has 0 bridgehead atoms. The van der Waals surface area contributed by atoms with Gasteiger partial charge in [0.05, 0.1) is 6.54 Å². The van der Waals surface area contributed by atoms with Crippen molar-refractivity contribution in [2.75, 3.05) is 19.4 Å². The smallest absolute Gasteiger partial charge is 0.406 e. The normalized spacial score (nSPS) is 11.9. The van der Waals surface area contributed by atoms with Crippen LogP contribution in [-0.2, 0) is 13.1 Å². The van der Waals surface area contributed by atoms with Crippen molar-refractivity contribution >= 4 is 35.6 Å². The highest BCUT2D eigenvalue weighted by Crippen LogP contribution is 2.23. The van der Waals surface area contributed by atoms with Gasteiger partial charge in [0.2, 0.25) is 0 Å². The molecule has 0 atom stereocenters. The van der Waals surface area contributed by atoms with E-state index in [1.807, 2.05) is 32.3 Å². The number of hydrogen-bond donors (Lipinski definition) is 2. The predicted molar refractivity (Wildman–Crippen MR) is 111 cm³/mol. The fraction of sp³-hybridized carbons (Fsp3) is 0.278. The highest BCUT2D eigenvalue weighted by Gasteiger charge is 2.30. The molecule has 0 aliphatic carbocycles. The summed E-state index contributed by atoms with van der Waals surface area (Å²) in [5.74, 6) is -0.122. The highest BCUT2D eigenvalue weighted by atomic mass is 127. The molecule has 148 valence electrons. The van der Waals surface area contributed by atoms with Gasteiger partial charge >= 0.3 is 6.36 Å². The molecule has 5 nitrogen and oxygen atoms in total. The Bertz CT molecular complexity index is 749. The Labute approximate surface area is 173 Å². The Morgan fingerprint density at radius 2 is 1.74 bits per heavy atom. The molecule has 0 saturated carbocycles. The van der Waals surface area contributed by atoms with Crippen molar-refractivity contribution in [1.29, 1.82) is 0 Å². The summed E-state index contributed by atoms with van der Waals surface area (Å²) in [5.41, 5.74) is 8.54. The van der Waals surface area contributed by atoms with Crippen molar-refractivity contribution in [3.05, 3.63) is 59.7 Å². The van der Waals surface area contributed by atoms with Gasteiger partial charge in [0.15, 0.2) is 5.96 Å². The van der Waals surface area contributed by atoms with Gasteiger partial charge in [-0.25, -0.2) is 4.99 Å². The van der Waals surface area contributed by atoms with Crippen LogP contribution in [0.3, 0.4) is 0 Å². The lowest BCUT2D eigenvalue weighted by Gasteiger charge is -2.11. The van der Waals surface area contributed by atoms with Gasteiger partial charge in [-0.15, -0.1) is 37.1 Å². The summed E-state index contributed by atoms with van der Waals surface area (Å²) in [6, 6.07) is 13.3. The van der Waals surface area contributed by atoms with E-state index in [4.69, 9.17) is 5.73 Å². The number of rotatable bonds is 6. The number of alkyl halides is 3. The van der Waals surface area contributed by atoms with Crippen molar-refractivity contribution in [1.82, 2.24) is 4.90 Å². The van der Waals surface area contributed by atoms with E-state index in [1.54, 1.807) is 0 Å². The lowest BCUT2D eigenvalue weighted by atomic mass is 10.1. The monoisotopic (exact) mass is 494 g/mol. The van der Waals surface area contributed by atoms with E-state index >= 15 is 0 Å². The molecule has 27 heavy (non-hydrogen) atoms. The maximum Gasteiger partial charge on any atom is 0.573 e. The molecule has 0 fully saturated rings. The molecule has 0 aliphatic rings. The van der Waals surface area contributed by atoms with Crippen LogP contribution in [0.25, 0.3) is 0 Å². The van der Waals surface area contributed by atoms with E-state index in [1.165, 1.54) is 29.8 Å². The average molecular weight is 494 g/mol. The minimum Gasteiger partial charge on any atom is -0.406 e. The molecule has 0 spiro atoms. The number of halogens is 4. The van der Waals surface area contributed by atoms with Crippen LogP contribution in [0.15, 0.2) is 53.5 Å². The molecule has 0 heterocycles. The fourth-order valence-corrected chi connectivity index (χ4v) is 2.30. The van der Waals surface area contributed by atoms with Crippen LogP contribution in [0.5, 0.6) is 5.75 Å². The van der Waals surface area contributed by atoms with Crippen molar-refractivity contribution in [2.24, 2.45) is 10.7 Å². The van der Waals surface area contributed by atoms with Crippen molar-refractivity contribution in [2.45, 2.75) is 19.5 Å². The number of anilines is 1. The number of aliphatic imine (C=N–C) groups is 1. The fourth-order valence-electron chi connectivity index (χ4n) is 2.30. The van der Waals surface area contributed by atoms with E-state index in [0.717, 1.165) is 12.1 Å². The molecule has 9 heteroatoms. The first-order valence-electron chi connectivity index (χ1n) is 7.86. The summed E-state index contributed by atoms with van der Waals surface area (Å²) in [5, 5.41) is 2.83. The molecule has 0 aliphatic heterocycles. The van der Waals surface area contributed by atoms with Gasteiger partial charge in [0.1, 0.15) is 5.75 Å². The van der Waals surface area contributed by atoms with E-state index < -0.39 is 6.36 Å². The Kier molecular flexibility index (Phi) is 8.83. The van der Waals surface area contributed by atoms with Gasteiger partial charge in [-0.3, -0.25) is 0 Å². The van der Waals surface area contributed by atoms with Gasteiger partial charge in [0, 0.05) is 12.2 Å². The molecule has 2 aromatic rings. The van der Waals surface area contributed by atoms with Crippen LogP contribution in [0.2, 0.25) is 0 Å². The first-order valence-corrected chi connectivity index (χ1v) is 7.86. The van der Waals surface area contributed by atoms with Crippen LogP contribution >= 0.6 is 24.0 Å². The molecule has 0 unspecified atom stereocenters. The minimum atomic E-state index is -4.71. The van der Waals surface area contributed by atoms with E-state index in [-0.39, 0.29) is 35.7 Å². The van der Waals surface area contributed by atoms with E-state index in [2.05, 4.69) is 26.0 Å². The Morgan fingerprint density at radius 3 is 2.33 bits per heavy atom. The van der Waals surface area contributed by atoms with Gasteiger partial charge in [-0.1, -0.05) is 24.3 Å². The summed E-state index contributed by atoms with van der Waals surface area (Å²) in [7, 11) is 4.00. The number of hydrogen-bond acceptors (Lipinski definition) is 3. The third-order valence-electron chi connectivity index (χ3n) is 3.28. The molecular formula is C18H22F3IN4O. The predicted octanol–water partition coefficient (Wildman–Crippen LogP) is 4.19. The van der Waals surface area contributed by atoms with Crippen LogP contribution in [0.1, 0.15) is 11.1 Å². The quantitative estimate of drug-likeness (QED) is 0.359. The number of nitrogens with one attached hydrogen (secondary N) is 1. The van der Waals surface area contributed by atoms with Crippen LogP contribution in [-0.4, -0.2) is 31.3 Å². The van der Waals surface area contributed by atoms with Crippen molar-refractivity contribution < 1.29 is 17.9 Å². The minimum absolute atomic E-state index is 0. The number of ether oxygens (including phenoxy) is 1. The molecule has 0 radical (unpaired) electrons. The number of benzene rings is 2. The first kappa shape index (κ1) is 23.0. The Balaban J connectivity index is 0.00000364. The van der Waals surface area contributed by atoms with Gasteiger partial charge in [0.25, 0.3) is 0 Å². The lowest BCUT2D eigenvalue weighted by Crippen LogP contribution is -2.22. The zero-order chi connectivity index (χ0) is 19.2. The molecule has 3 N–H and O–H groups in total. The molecule has 0 saturated heterocycles. The second-order valence-electron chi connectivity index (χ2n) is 5.96. The maximum absolute atomic E-state index is 12.1. The summed E-state index contributed by atoms with van der Waals surface area (Å²) < 4.78 is 40.2. The summed E-state index contributed by atoms with van der Waals surface area (Å²) in [6.07, 6.45) is -4.71. The van der Waals surface area contributed by atoms with Crippen molar-refractivity contribution in [3.8, 4) is 5.75 Å². The maximum atomic E-state index is 12.1. The van der Waals surface area contributed by atoms with Gasteiger partial charge in [-0.05, 0) is 49.5 Å². The van der Waals surface area contributed by atoms with E-state index in [9.17, 15) is 13.2 Å². The molecule has 2 aromatic carbocycles. The summed E-state index contributed by atoms with van der Waals surface area (Å²) in [4.78, 5) is 6.32. The highest BCUT2D eigenvalue weighted by molar-refractivity contribution is 14.0. The zero-order valence-electron chi connectivity index (χ0n) is 15.0. The van der Waals surface area contributed by atoms with Gasteiger partial charge in [-0.2, -0.15) is 0 Å². The number of nitrogens with zero attached hydrogens (tertiary/aromatic N) is 2. The third kappa shape index (κ3) is 8.96. The third-order valence-corrected chi connectivity index (χ3v) is 3.28. The first-order chi connectivity index (χ1) is 12.2. The average Bonchev–Trinajstić information content (AvgIpc) is 2.53. The van der Waals surface area contributed by atoms with E-state index in [0.29, 0.717) is 12.2 Å². The number of guanidine groups is 1. The second-order valence-corrected chi connectivity index (χ2v) is 5.96. The van der Waals surface area contributed by atoms with Crippen LogP contribution < -0.4 is 15.8 Å². The molecule has 2 rings (SSSR count).